The molecule has 102 valence electrons. The van der Waals surface area contributed by atoms with Crippen LogP contribution in [0, 0.1) is 0 Å². The molecule has 0 radical (unpaired) electrons. The maximum atomic E-state index is 6.03. The van der Waals surface area contributed by atoms with E-state index in [1.54, 1.807) is 30.6 Å². The van der Waals surface area contributed by atoms with Crippen LogP contribution in [0.25, 0.3) is 22.8 Å². The van der Waals surface area contributed by atoms with E-state index in [4.69, 9.17) is 26.6 Å². The first-order chi connectivity index (χ1) is 9.69. The number of benzene rings is 1. The third-order valence-electron chi connectivity index (χ3n) is 2.75. The summed E-state index contributed by atoms with van der Waals surface area (Å²) in [4.78, 5) is 4.35. The molecule has 0 saturated carbocycles. The maximum absolute atomic E-state index is 6.03. The second kappa shape index (κ2) is 5.15. The molecule has 0 spiro atoms. The molecular weight excluding hydrogens is 298 g/mol. The summed E-state index contributed by atoms with van der Waals surface area (Å²) in [7, 11) is 1.54. The number of methoxy groups -OCH3 is 1. The number of nitrogens with two attached hydrogens (primary N) is 1. The van der Waals surface area contributed by atoms with Gasteiger partial charge in [0.25, 0.3) is 5.89 Å². The van der Waals surface area contributed by atoms with Gasteiger partial charge in [-0.1, -0.05) is 16.8 Å². The molecule has 20 heavy (non-hydrogen) atoms. The van der Waals surface area contributed by atoms with Crippen molar-refractivity contribution in [2.75, 3.05) is 12.8 Å². The molecule has 2 aromatic heterocycles. The second-order valence-corrected chi connectivity index (χ2v) is 5.20. The van der Waals surface area contributed by atoms with Gasteiger partial charge in [0.15, 0.2) is 0 Å². The van der Waals surface area contributed by atoms with Crippen molar-refractivity contribution in [3.8, 4) is 28.6 Å². The van der Waals surface area contributed by atoms with Crippen LogP contribution in [0.5, 0.6) is 5.75 Å². The van der Waals surface area contributed by atoms with E-state index in [9.17, 15) is 0 Å². The normalized spacial score (nSPS) is 10.7. The molecule has 3 rings (SSSR count). The number of hydrogen-bond acceptors (Lipinski definition) is 6. The fourth-order valence-electron chi connectivity index (χ4n) is 1.75. The van der Waals surface area contributed by atoms with Crippen molar-refractivity contribution in [1.29, 1.82) is 0 Å². The largest absolute Gasteiger partial charge is 0.496 e. The molecule has 0 fully saturated rings. The van der Waals surface area contributed by atoms with Gasteiger partial charge in [-0.15, -0.1) is 0 Å². The van der Waals surface area contributed by atoms with Gasteiger partial charge in [0, 0.05) is 17.0 Å². The fourth-order valence-corrected chi connectivity index (χ4v) is 2.54. The Balaban J connectivity index is 2.07. The molecule has 0 saturated heterocycles. The highest BCUT2D eigenvalue weighted by Gasteiger charge is 2.17. The average molecular weight is 308 g/mol. The molecule has 0 bridgehead atoms. The van der Waals surface area contributed by atoms with Gasteiger partial charge in [0.1, 0.15) is 5.75 Å². The standard InChI is InChI=1S/C13H10ClN3O2S/c1-18-11-5-10(15)9(14)4-8(11)13-16-12(17-19-13)7-2-3-20-6-7/h2-6H,15H2,1H3. The predicted octanol–water partition coefficient (Wildman–Crippen LogP) is 3.71. The van der Waals surface area contributed by atoms with Crippen molar-refractivity contribution in [2.24, 2.45) is 0 Å². The van der Waals surface area contributed by atoms with Crippen LogP contribution in [0.2, 0.25) is 5.02 Å². The van der Waals surface area contributed by atoms with Crippen molar-refractivity contribution in [3.05, 3.63) is 34.0 Å². The van der Waals surface area contributed by atoms with Gasteiger partial charge in [-0.2, -0.15) is 16.3 Å². The lowest BCUT2D eigenvalue weighted by Crippen LogP contribution is -1.93. The minimum Gasteiger partial charge on any atom is -0.496 e. The van der Waals surface area contributed by atoms with Gasteiger partial charge < -0.3 is 15.0 Å². The number of rotatable bonds is 3. The van der Waals surface area contributed by atoms with Gasteiger partial charge in [-0.3, -0.25) is 0 Å². The highest BCUT2D eigenvalue weighted by molar-refractivity contribution is 7.08. The fraction of sp³-hybridized carbons (Fsp3) is 0.0769. The first-order valence-electron chi connectivity index (χ1n) is 5.68. The Labute approximate surface area is 123 Å². The molecule has 7 heteroatoms. The van der Waals surface area contributed by atoms with Crippen molar-refractivity contribution >= 4 is 28.6 Å². The van der Waals surface area contributed by atoms with E-state index in [0.29, 0.717) is 33.7 Å². The molecule has 0 aliphatic heterocycles. The number of halogens is 1. The first-order valence-corrected chi connectivity index (χ1v) is 7.01. The molecule has 0 aliphatic rings. The van der Waals surface area contributed by atoms with Crippen LogP contribution in [0.1, 0.15) is 0 Å². The van der Waals surface area contributed by atoms with Gasteiger partial charge >= 0.3 is 0 Å². The highest BCUT2D eigenvalue weighted by atomic mass is 35.5. The quantitative estimate of drug-likeness (QED) is 0.747. The second-order valence-electron chi connectivity index (χ2n) is 4.01. The summed E-state index contributed by atoms with van der Waals surface area (Å²) >= 11 is 7.60. The summed E-state index contributed by atoms with van der Waals surface area (Å²) < 4.78 is 10.5. The number of anilines is 1. The maximum Gasteiger partial charge on any atom is 0.262 e. The minimum atomic E-state index is 0.338. The zero-order chi connectivity index (χ0) is 14.1. The molecule has 0 aliphatic carbocycles. The summed E-state index contributed by atoms with van der Waals surface area (Å²) in [5.74, 6) is 1.40. The van der Waals surface area contributed by atoms with Crippen LogP contribution in [0.4, 0.5) is 5.69 Å². The number of nitrogen functional groups attached to an aromatic ring is 1. The Bertz CT molecular complexity index is 740. The molecule has 0 unspecified atom stereocenters. The summed E-state index contributed by atoms with van der Waals surface area (Å²) in [5, 5.41) is 8.26. The lowest BCUT2D eigenvalue weighted by atomic mass is 10.2. The van der Waals surface area contributed by atoms with Crippen LogP contribution < -0.4 is 10.5 Å². The van der Waals surface area contributed by atoms with Gasteiger partial charge in [-0.25, -0.2) is 0 Å². The van der Waals surface area contributed by atoms with Gasteiger partial charge in [0.05, 0.1) is 23.4 Å². The molecule has 2 heterocycles. The summed E-state index contributed by atoms with van der Waals surface area (Å²) in [6, 6.07) is 5.21. The lowest BCUT2D eigenvalue weighted by molar-refractivity contribution is 0.405. The van der Waals surface area contributed by atoms with Crippen molar-refractivity contribution in [3.63, 3.8) is 0 Å². The molecule has 0 atom stereocenters. The van der Waals surface area contributed by atoms with Crippen LogP contribution >= 0.6 is 22.9 Å². The summed E-state index contributed by atoms with van der Waals surface area (Å²) in [5.41, 5.74) is 7.70. The summed E-state index contributed by atoms with van der Waals surface area (Å²) in [6.45, 7) is 0. The van der Waals surface area contributed by atoms with Gasteiger partial charge in [0.2, 0.25) is 5.82 Å². The molecular formula is C13H10ClN3O2S. The number of aromatic nitrogens is 2. The molecule has 0 amide bonds. The predicted molar refractivity (Wildman–Crippen MR) is 79.0 cm³/mol. The first kappa shape index (κ1) is 13.0. The Morgan fingerprint density at radius 2 is 2.25 bits per heavy atom. The number of thiophene rings is 1. The highest BCUT2D eigenvalue weighted by Crippen LogP contribution is 2.36. The van der Waals surface area contributed by atoms with E-state index in [1.807, 2.05) is 16.8 Å². The van der Waals surface area contributed by atoms with E-state index in [-0.39, 0.29) is 0 Å². The number of hydrogen-bond donors (Lipinski definition) is 1. The lowest BCUT2D eigenvalue weighted by Gasteiger charge is -2.07. The van der Waals surface area contributed by atoms with E-state index in [1.165, 1.54) is 0 Å². The third kappa shape index (κ3) is 2.23. The van der Waals surface area contributed by atoms with Gasteiger partial charge in [-0.05, 0) is 17.5 Å². The van der Waals surface area contributed by atoms with Crippen molar-refractivity contribution in [2.45, 2.75) is 0 Å². The van der Waals surface area contributed by atoms with E-state index in [2.05, 4.69) is 10.1 Å². The summed E-state index contributed by atoms with van der Waals surface area (Å²) in [6.07, 6.45) is 0. The zero-order valence-electron chi connectivity index (χ0n) is 10.5. The van der Waals surface area contributed by atoms with Crippen LogP contribution in [-0.2, 0) is 0 Å². The Hall–Kier alpha value is -2.05. The minimum absolute atomic E-state index is 0.338. The third-order valence-corrected chi connectivity index (χ3v) is 3.77. The molecule has 5 nitrogen and oxygen atoms in total. The van der Waals surface area contributed by atoms with E-state index < -0.39 is 0 Å². The molecule has 2 N–H and O–H groups in total. The SMILES string of the molecule is COc1cc(N)c(Cl)cc1-c1nc(-c2ccsc2)no1. The topological polar surface area (TPSA) is 74.2 Å². The Morgan fingerprint density at radius 1 is 1.40 bits per heavy atom. The van der Waals surface area contributed by atoms with Crippen LogP contribution in [0.3, 0.4) is 0 Å². The zero-order valence-corrected chi connectivity index (χ0v) is 12.0. The van der Waals surface area contributed by atoms with E-state index in [0.717, 1.165) is 5.56 Å². The van der Waals surface area contributed by atoms with Crippen molar-refractivity contribution < 1.29 is 9.26 Å². The number of ether oxygens (including phenoxy) is 1. The Kier molecular flexibility index (Phi) is 3.33. The molecule has 1 aromatic carbocycles. The Morgan fingerprint density at radius 3 is 2.95 bits per heavy atom. The average Bonchev–Trinajstić information content (AvgIpc) is 3.10. The van der Waals surface area contributed by atoms with Crippen LogP contribution in [0.15, 0.2) is 33.5 Å². The number of nitrogens with zero attached hydrogens (tertiary/aromatic N) is 2. The molecule has 3 aromatic rings. The van der Waals surface area contributed by atoms with Crippen LogP contribution in [-0.4, -0.2) is 17.3 Å². The van der Waals surface area contributed by atoms with Crippen molar-refractivity contribution in [1.82, 2.24) is 10.1 Å². The van der Waals surface area contributed by atoms with E-state index >= 15 is 0 Å². The monoisotopic (exact) mass is 307 g/mol. The smallest absolute Gasteiger partial charge is 0.262 e.